The number of likely N-dealkylation sites (tertiary alicyclic amines) is 1. The molecule has 7 heteroatoms. The van der Waals surface area contributed by atoms with Crippen molar-refractivity contribution in [2.75, 3.05) is 26.4 Å². The first-order chi connectivity index (χ1) is 17.5. The molecule has 2 atom stereocenters. The summed E-state index contributed by atoms with van der Waals surface area (Å²) in [7, 11) is 0. The van der Waals surface area contributed by atoms with Gasteiger partial charge in [0.05, 0.1) is 30.9 Å². The van der Waals surface area contributed by atoms with Crippen molar-refractivity contribution >= 4 is 17.4 Å². The zero-order valence-electron chi connectivity index (χ0n) is 21.1. The van der Waals surface area contributed by atoms with E-state index in [-0.39, 0.29) is 17.4 Å². The Bertz CT molecular complexity index is 1070. The molecule has 192 valence electrons. The molecule has 0 aromatic heterocycles. The van der Waals surface area contributed by atoms with Crippen LogP contribution in [-0.4, -0.2) is 54.2 Å². The molecule has 2 unspecified atom stereocenters. The third-order valence-electron chi connectivity index (χ3n) is 6.62. The molecule has 2 heterocycles. The van der Waals surface area contributed by atoms with E-state index in [1.54, 1.807) is 24.3 Å². The number of carbonyl (C=O) groups is 2. The van der Waals surface area contributed by atoms with Crippen LogP contribution in [0.5, 0.6) is 11.5 Å². The van der Waals surface area contributed by atoms with E-state index in [1.807, 2.05) is 31.2 Å². The van der Waals surface area contributed by atoms with E-state index < -0.39 is 17.7 Å². The molecular formula is C29H35NO6. The third-order valence-corrected chi connectivity index (χ3v) is 6.62. The maximum atomic E-state index is 13.2. The van der Waals surface area contributed by atoms with Crippen LogP contribution in [0.4, 0.5) is 0 Å². The average molecular weight is 494 g/mol. The number of benzene rings is 2. The summed E-state index contributed by atoms with van der Waals surface area (Å²) >= 11 is 0. The second-order valence-electron chi connectivity index (χ2n) is 9.17. The minimum Gasteiger partial charge on any atom is -0.507 e. The Balaban J connectivity index is 1.67. The summed E-state index contributed by atoms with van der Waals surface area (Å²) in [6.45, 7) is 6.15. The lowest BCUT2D eigenvalue weighted by Crippen LogP contribution is -2.36. The van der Waals surface area contributed by atoms with Crippen LogP contribution in [0.15, 0.2) is 54.1 Å². The topological polar surface area (TPSA) is 85.3 Å². The highest BCUT2D eigenvalue weighted by Gasteiger charge is 2.47. The summed E-state index contributed by atoms with van der Waals surface area (Å²) in [6.07, 6.45) is 4.86. The highest BCUT2D eigenvalue weighted by Crippen LogP contribution is 2.40. The number of rotatable bonds is 11. The minimum atomic E-state index is -0.713. The average Bonchev–Trinajstić information content (AvgIpc) is 3.50. The van der Waals surface area contributed by atoms with Gasteiger partial charge in [-0.15, -0.1) is 0 Å². The Kier molecular flexibility index (Phi) is 8.65. The van der Waals surface area contributed by atoms with E-state index in [4.69, 9.17) is 14.2 Å². The first-order valence-electron chi connectivity index (χ1n) is 12.9. The van der Waals surface area contributed by atoms with E-state index in [0.29, 0.717) is 37.7 Å². The fourth-order valence-corrected chi connectivity index (χ4v) is 4.74. The monoisotopic (exact) mass is 493 g/mol. The quantitative estimate of drug-likeness (QED) is 0.199. The molecule has 0 radical (unpaired) electrons. The number of ether oxygens (including phenoxy) is 3. The molecule has 7 nitrogen and oxygen atoms in total. The van der Waals surface area contributed by atoms with E-state index >= 15 is 0 Å². The second kappa shape index (κ2) is 12.1. The summed E-state index contributed by atoms with van der Waals surface area (Å²) < 4.78 is 17.1. The van der Waals surface area contributed by atoms with Crippen LogP contribution in [0, 0.1) is 0 Å². The van der Waals surface area contributed by atoms with E-state index in [1.165, 1.54) is 4.90 Å². The summed E-state index contributed by atoms with van der Waals surface area (Å²) in [6, 6.07) is 13.6. The first kappa shape index (κ1) is 25.8. The van der Waals surface area contributed by atoms with Gasteiger partial charge in [-0.3, -0.25) is 9.59 Å². The predicted molar refractivity (Wildman–Crippen MR) is 137 cm³/mol. The SMILES string of the molecule is CCCCCOc1ccc(C2/C(=C(\O)c3ccc(OCC)cc3)C(=O)C(=O)N2CC2CCCO2)cc1. The number of hydrogen-bond acceptors (Lipinski definition) is 6. The highest BCUT2D eigenvalue weighted by atomic mass is 16.5. The number of Topliss-reactive ketones (excluding diaryl/α,β-unsaturated/α-hetero) is 1. The van der Waals surface area contributed by atoms with Gasteiger partial charge in [0.1, 0.15) is 17.3 Å². The molecular weight excluding hydrogens is 458 g/mol. The fraction of sp³-hybridized carbons (Fsp3) is 0.448. The molecule has 1 amide bonds. The molecule has 2 saturated heterocycles. The molecule has 2 fully saturated rings. The predicted octanol–water partition coefficient (Wildman–Crippen LogP) is 5.26. The molecule has 0 bridgehead atoms. The van der Waals surface area contributed by atoms with Gasteiger partial charge in [-0.25, -0.2) is 0 Å². The fourth-order valence-electron chi connectivity index (χ4n) is 4.74. The molecule has 1 N–H and O–H groups in total. The van der Waals surface area contributed by atoms with Crippen molar-refractivity contribution in [1.29, 1.82) is 0 Å². The summed E-state index contributed by atoms with van der Waals surface area (Å²) in [4.78, 5) is 27.9. The second-order valence-corrected chi connectivity index (χ2v) is 9.17. The van der Waals surface area contributed by atoms with Gasteiger partial charge in [0.15, 0.2) is 0 Å². The lowest BCUT2D eigenvalue weighted by atomic mass is 9.95. The van der Waals surface area contributed by atoms with Gasteiger partial charge in [-0.1, -0.05) is 31.9 Å². The van der Waals surface area contributed by atoms with E-state index in [9.17, 15) is 14.7 Å². The normalized spacial score (nSPS) is 21.2. The zero-order valence-corrected chi connectivity index (χ0v) is 21.1. The van der Waals surface area contributed by atoms with Gasteiger partial charge in [-0.2, -0.15) is 0 Å². The molecule has 2 aliphatic rings. The summed E-state index contributed by atoms with van der Waals surface area (Å²) in [5.41, 5.74) is 1.27. The molecule has 2 aromatic rings. The van der Waals surface area contributed by atoms with E-state index in [2.05, 4.69) is 6.92 Å². The molecule has 2 aliphatic heterocycles. The van der Waals surface area contributed by atoms with Crippen LogP contribution in [-0.2, 0) is 14.3 Å². The lowest BCUT2D eigenvalue weighted by molar-refractivity contribution is -0.140. The number of amides is 1. The maximum Gasteiger partial charge on any atom is 0.295 e. The Morgan fingerprint density at radius 3 is 2.33 bits per heavy atom. The van der Waals surface area contributed by atoms with Crippen molar-refractivity contribution in [2.24, 2.45) is 0 Å². The Hall–Kier alpha value is -3.32. The highest BCUT2D eigenvalue weighted by molar-refractivity contribution is 6.46. The molecule has 36 heavy (non-hydrogen) atoms. The summed E-state index contributed by atoms with van der Waals surface area (Å²) in [5, 5.41) is 11.2. The van der Waals surface area contributed by atoms with Crippen LogP contribution in [0.25, 0.3) is 5.76 Å². The lowest BCUT2D eigenvalue weighted by Gasteiger charge is -2.27. The van der Waals surface area contributed by atoms with Gasteiger partial charge in [0.25, 0.3) is 11.7 Å². The number of unbranched alkanes of at least 4 members (excludes halogenated alkanes) is 2. The van der Waals surface area contributed by atoms with Crippen molar-refractivity contribution in [3.05, 3.63) is 65.2 Å². The van der Waals surface area contributed by atoms with Gasteiger partial charge in [-0.05, 0) is 68.1 Å². The first-order valence-corrected chi connectivity index (χ1v) is 12.9. The molecule has 0 saturated carbocycles. The van der Waals surface area contributed by atoms with Gasteiger partial charge in [0.2, 0.25) is 0 Å². The Morgan fingerprint density at radius 1 is 1.00 bits per heavy atom. The van der Waals surface area contributed by atoms with Crippen molar-refractivity contribution in [2.45, 2.75) is 58.1 Å². The standard InChI is InChI=1S/C29H35NO6/c1-3-5-6-17-35-23-13-9-20(10-14-23)26-25(27(31)21-11-15-22(16-12-21)34-4-2)28(32)29(33)30(26)19-24-8-7-18-36-24/h9-16,24,26,31H,3-8,17-19H2,1-2H3/b27-25+. The van der Waals surface area contributed by atoms with Crippen molar-refractivity contribution < 1.29 is 28.9 Å². The third kappa shape index (κ3) is 5.73. The molecule has 4 rings (SSSR count). The Labute approximate surface area is 212 Å². The molecule has 0 spiro atoms. The van der Waals surface area contributed by atoms with Gasteiger partial charge < -0.3 is 24.2 Å². The van der Waals surface area contributed by atoms with Gasteiger partial charge >= 0.3 is 0 Å². The minimum absolute atomic E-state index is 0.0822. The van der Waals surface area contributed by atoms with Gasteiger partial charge in [0, 0.05) is 18.7 Å². The van der Waals surface area contributed by atoms with E-state index in [0.717, 1.165) is 43.4 Å². The number of aliphatic hydroxyl groups excluding tert-OH is 1. The number of ketones is 1. The maximum absolute atomic E-state index is 13.2. The zero-order chi connectivity index (χ0) is 25.5. The molecule has 0 aliphatic carbocycles. The number of nitrogens with zero attached hydrogens (tertiary/aromatic N) is 1. The smallest absolute Gasteiger partial charge is 0.295 e. The van der Waals surface area contributed by atoms with Crippen molar-refractivity contribution in [1.82, 2.24) is 4.90 Å². The van der Waals surface area contributed by atoms with Crippen molar-refractivity contribution in [3.63, 3.8) is 0 Å². The van der Waals surface area contributed by atoms with Crippen LogP contribution < -0.4 is 9.47 Å². The summed E-state index contributed by atoms with van der Waals surface area (Å²) in [5.74, 6) is -0.111. The Morgan fingerprint density at radius 2 is 1.69 bits per heavy atom. The molecule has 2 aromatic carbocycles. The van der Waals surface area contributed by atoms with Crippen LogP contribution in [0.2, 0.25) is 0 Å². The van der Waals surface area contributed by atoms with Crippen LogP contribution in [0.1, 0.15) is 63.1 Å². The largest absolute Gasteiger partial charge is 0.507 e. The number of carbonyl (C=O) groups excluding carboxylic acids is 2. The van der Waals surface area contributed by atoms with Crippen LogP contribution >= 0.6 is 0 Å². The van der Waals surface area contributed by atoms with Crippen LogP contribution in [0.3, 0.4) is 0 Å². The van der Waals surface area contributed by atoms with Crippen molar-refractivity contribution in [3.8, 4) is 11.5 Å². The number of aliphatic hydroxyl groups is 1. The number of hydrogen-bond donors (Lipinski definition) is 1.